The maximum atomic E-state index is 12.2. The molecule has 0 aliphatic rings. The maximum Gasteiger partial charge on any atom is 0.269 e. The van der Waals surface area contributed by atoms with Crippen LogP contribution in [0.3, 0.4) is 0 Å². The summed E-state index contributed by atoms with van der Waals surface area (Å²) < 4.78 is 1.84. The van der Waals surface area contributed by atoms with Gasteiger partial charge in [-0.05, 0) is 17.5 Å². The zero-order valence-corrected chi connectivity index (χ0v) is 13.5. The Hall–Kier alpha value is -3.34. The second-order valence-corrected chi connectivity index (χ2v) is 5.77. The highest BCUT2D eigenvalue weighted by atomic mass is 16.6. The first kappa shape index (κ1) is 16.5. The topological polar surface area (TPSA) is 64.1 Å². The van der Waals surface area contributed by atoms with Crippen LogP contribution in [0.5, 0.6) is 0 Å². The first-order chi connectivity index (χ1) is 12.1. The van der Waals surface area contributed by atoms with Gasteiger partial charge in [0.25, 0.3) is 5.69 Å². The van der Waals surface area contributed by atoms with Crippen LogP contribution in [-0.4, -0.2) is 10.7 Å². The van der Waals surface area contributed by atoms with Crippen molar-refractivity contribution < 1.29 is 14.3 Å². The largest absolute Gasteiger partial charge is 0.287 e. The fourth-order valence-corrected chi connectivity index (χ4v) is 2.56. The van der Waals surface area contributed by atoms with E-state index < -0.39 is 4.92 Å². The third-order valence-corrected chi connectivity index (χ3v) is 3.94. The van der Waals surface area contributed by atoms with Gasteiger partial charge in [0.2, 0.25) is 12.3 Å². The number of Topliss-reactive ketones (excluding diaryl/α,β-unsaturated/α-hetero) is 1. The molecule has 0 saturated heterocycles. The van der Waals surface area contributed by atoms with Crippen LogP contribution in [0, 0.1) is 10.1 Å². The summed E-state index contributed by atoms with van der Waals surface area (Å²) in [5, 5.41) is 10.7. The summed E-state index contributed by atoms with van der Waals surface area (Å²) in [5.41, 5.74) is 2.88. The minimum absolute atomic E-state index is 0.0636. The Labute approximate surface area is 145 Å². The molecule has 0 fully saturated rings. The van der Waals surface area contributed by atoms with Crippen molar-refractivity contribution in [2.45, 2.75) is 13.0 Å². The monoisotopic (exact) mass is 333 g/mol. The predicted octanol–water partition coefficient (Wildman–Crippen LogP) is 3.36. The minimum Gasteiger partial charge on any atom is -0.287 e. The Morgan fingerprint density at radius 3 is 2.08 bits per heavy atom. The number of hydrogen-bond donors (Lipinski definition) is 0. The van der Waals surface area contributed by atoms with Gasteiger partial charge < -0.3 is 0 Å². The highest BCUT2D eigenvalue weighted by molar-refractivity contribution is 5.94. The van der Waals surface area contributed by atoms with E-state index in [0.29, 0.717) is 18.5 Å². The second kappa shape index (κ2) is 7.49. The van der Waals surface area contributed by atoms with Crippen LogP contribution in [0.25, 0.3) is 0 Å². The molecule has 0 bridgehead atoms. The van der Waals surface area contributed by atoms with E-state index in [1.165, 1.54) is 12.1 Å². The number of carbonyl (C=O) groups excluding carboxylic acids is 1. The summed E-state index contributed by atoms with van der Waals surface area (Å²) >= 11 is 0. The average Bonchev–Trinajstić information content (AvgIpc) is 2.64. The van der Waals surface area contributed by atoms with Crippen molar-refractivity contribution in [2.75, 3.05) is 0 Å². The first-order valence-corrected chi connectivity index (χ1v) is 7.91. The third kappa shape index (κ3) is 4.35. The number of benzene rings is 2. The number of ketones is 1. The average molecular weight is 333 g/mol. The Morgan fingerprint density at radius 1 is 0.880 bits per heavy atom. The number of nitro benzene ring substituents is 1. The predicted molar refractivity (Wildman–Crippen MR) is 93.3 cm³/mol. The molecule has 0 aliphatic heterocycles. The van der Waals surface area contributed by atoms with Crippen molar-refractivity contribution in [1.82, 2.24) is 0 Å². The van der Waals surface area contributed by atoms with Gasteiger partial charge in [-0.2, -0.15) is 4.57 Å². The van der Waals surface area contributed by atoms with Crippen molar-refractivity contribution in [3.8, 4) is 0 Å². The zero-order valence-electron chi connectivity index (χ0n) is 13.5. The fraction of sp³-hybridized carbons (Fsp3) is 0.100. The van der Waals surface area contributed by atoms with E-state index in [9.17, 15) is 14.9 Å². The SMILES string of the molecule is O=C(C[n+]1ccc(Cc2ccc([N+](=O)[O-])cc2)cc1)c1ccccc1. The van der Waals surface area contributed by atoms with Crippen molar-refractivity contribution >= 4 is 11.5 Å². The fourth-order valence-electron chi connectivity index (χ4n) is 2.56. The van der Waals surface area contributed by atoms with Crippen molar-refractivity contribution in [3.63, 3.8) is 0 Å². The van der Waals surface area contributed by atoms with Gasteiger partial charge in [-0.3, -0.25) is 14.9 Å². The van der Waals surface area contributed by atoms with Crippen LogP contribution >= 0.6 is 0 Å². The van der Waals surface area contributed by atoms with Gasteiger partial charge in [-0.15, -0.1) is 0 Å². The van der Waals surface area contributed by atoms with E-state index in [-0.39, 0.29) is 11.5 Å². The van der Waals surface area contributed by atoms with E-state index in [1.807, 2.05) is 59.4 Å². The molecule has 0 atom stereocenters. The van der Waals surface area contributed by atoms with E-state index >= 15 is 0 Å². The van der Waals surface area contributed by atoms with Gasteiger partial charge in [0.05, 0.1) is 4.92 Å². The highest BCUT2D eigenvalue weighted by Gasteiger charge is 2.11. The summed E-state index contributed by atoms with van der Waals surface area (Å²) in [6, 6.07) is 19.7. The summed E-state index contributed by atoms with van der Waals surface area (Å²) in [5.74, 6) is 0.0636. The molecule has 0 spiro atoms. The molecule has 124 valence electrons. The molecular formula is C20H17N2O3+. The molecule has 0 radical (unpaired) electrons. The van der Waals surface area contributed by atoms with Crippen LogP contribution < -0.4 is 4.57 Å². The molecule has 0 N–H and O–H groups in total. The van der Waals surface area contributed by atoms with E-state index in [0.717, 1.165) is 11.1 Å². The van der Waals surface area contributed by atoms with Crippen LogP contribution in [0.1, 0.15) is 21.5 Å². The second-order valence-electron chi connectivity index (χ2n) is 5.77. The molecule has 0 amide bonds. The number of carbonyl (C=O) groups is 1. The molecule has 0 saturated carbocycles. The molecule has 2 aromatic carbocycles. The molecule has 1 aromatic heterocycles. The molecular weight excluding hydrogens is 316 g/mol. The first-order valence-electron chi connectivity index (χ1n) is 7.91. The normalized spacial score (nSPS) is 10.4. The Bertz CT molecular complexity index is 873. The number of hydrogen-bond acceptors (Lipinski definition) is 3. The number of nitro groups is 1. The molecule has 0 aliphatic carbocycles. The molecule has 1 heterocycles. The molecule has 5 heteroatoms. The van der Waals surface area contributed by atoms with Crippen molar-refractivity contribution in [1.29, 1.82) is 0 Å². The van der Waals surface area contributed by atoms with Gasteiger partial charge in [0, 0.05) is 29.8 Å². The smallest absolute Gasteiger partial charge is 0.269 e. The number of aromatic nitrogens is 1. The number of nitrogens with zero attached hydrogens (tertiary/aromatic N) is 2. The van der Waals surface area contributed by atoms with Gasteiger partial charge in [-0.25, -0.2) is 0 Å². The Morgan fingerprint density at radius 2 is 1.48 bits per heavy atom. The van der Waals surface area contributed by atoms with E-state index in [1.54, 1.807) is 12.1 Å². The van der Waals surface area contributed by atoms with Crippen molar-refractivity contribution in [2.24, 2.45) is 0 Å². The lowest BCUT2D eigenvalue weighted by molar-refractivity contribution is -0.683. The molecule has 3 aromatic rings. The molecule has 5 nitrogen and oxygen atoms in total. The summed E-state index contributed by atoms with van der Waals surface area (Å²) in [7, 11) is 0. The number of pyridine rings is 1. The minimum atomic E-state index is -0.404. The quantitative estimate of drug-likeness (QED) is 0.301. The third-order valence-electron chi connectivity index (χ3n) is 3.94. The maximum absolute atomic E-state index is 12.2. The molecule has 3 rings (SSSR count). The number of non-ortho nitro benzene ring substituents is 1. The van der Waals surface area contributed by atoms with E-state index in [4.69, 9.17) is 0 Å². The summed E-state index contributed by atoms with van der Waals surface area (Å²) in [4.78, 5) is 22.5. The van der Waals surface area contributed by atoms with Crippen LogP contribution in [0.15, 0.2) is 79.1 Å². The van der Waals surface area contributed by atoms with Gasteiger partial charge in [0.15, 0.2) is 12.4 Å². The molecule has 25 heavy (non-hydrogen) atoms. The Balaban J connectivity index is 1.64. The lowest BCUT2D eigenvalue weighted by Gasteiger charge is -2.02. The molecule has 0 unspecified atom stereocenters. The summed E-state index contributed by atoms with van der Waals surface area (Å²) in [6.45, 7) is 0.293. The van der Waals surface area contributed by atoms with Gasteiger partial charge in [0.1, 0.15) is 0 Å². The standard InChI is InChI=1S/C20H17N2O3/c23-20(18-4-2-1-3-5-18)15-21-12-10-17(11-13-21)14-16-6-8-19(9-7-16)22(24)25/h1-13H,14-15H2/q+1. The number of rotatable bonds is 6. The van der Waals surface area contributed by atoms with Gasteiger partial charge >= 0.3 is 0 Å². The van der Waals surface area contributed by atoms with Crippen LogP contribution in [0.4, 0.5) is 5.69 Å². The zero-order chi connectivity index (χ0) is 17.6. The highest BCUT2D eigenvalue weighted by Crippen LogP contribution is 2.14. The van der Waals surface area contributed by atoms with Crippen LogP contribution in [-0.2, 0) is 13.0 Å². The van der Waals surface area contributed by atoms with Crippen molar-refractivity contribution in [3.05, 3.63) is 106 Å². The van der Waals surface area contributed by atoms with Gasteiger partial charge in [-0.1, -0.05) is 42.5 Å². The van der Waals surface area contributed by atoms with Crippen LogP contribution in [0.2, 0.25) is 0 Å². The summed E-state index contributed by atoms with van der Waals surface area (Å²) in [6.07, 6.45) is 4.44. The Kier molecular flexibility index (Phi) is 4.95. The lowest BCUT2D eigenvalue weighted by Crippen LogP contribution is -2.37. The van der Waals surface area contributed by atoms with E-state index in [2.05, 4.69) is 0 Å². The lowest BCUT2D eigenvalue weighted by atomic mass is 10.1.